The Labute approximate surface area is 157 Å². The van der Waals surface area contributed by atoms with Crippen LogP contribution in [0.5, 0.6) is 0 Å². The molecule has 4 saturated carbocycles. The number of amides is 1. The number of carbonyl (C=O) groups excluding carboxylic acids is 1. The Kier molecular flexibility index (Phi) is 3.78. The molecule has 0 aliphatic heterocycles. The molecule has 26 heavy (non-hydrogen) atoms. The molecule has 4 aliphatic carbocycles. The van der Waals surface area contributed by atoms with Crippen molar-refractivity contribution in [2.24, 2.45) is 23.2 Å². The lowest BCUT2D eigenvalue weighted by Crippen LogP contribution is -2.51. The van der Waals surface area contributed by atoms with Crippen LogP contribution in [0.3, 0.4) is 0 Å². The number of hydrogen-bond acceptors (Lipinski definition) is 4. The molecule has 7 heteroatoms. The molecular weight excluding hydrogens is 350 g/mol. The van der Waals surface area contributed by atoms with Gasteiger partial charge in [0.05, 0.1) is 5.56 Å². The van der Waals surface area contributed by atoms with E-state index in [1.54, 1.807) is 24.7 Å². The van der Waals surface area contributed by atoms with E-state index in [-0.39, 0.29) is 11.1 Å². The van der Waals surface area contributed by atoms with Crippen molar-refractivity contribution in [3.8, 4) is 5.95 Å². The quantitative estimate of drug-likeness (QED) is 0.895. The van der Waals surface area contributed by atoms with Gasteiger partial charge in [0.2, 0.25) is 5.95 Å². The molecule has 4 bridgehead atoms. The minimum Gasteiger partial charge on any atom is -0.351 e. The zero-order valence-electron chi connectivity index (χ0n) is 14.6. The van der Waals surface area contributed by atoms with Crippen LogP contribution in [-0.4, -0.2) is 32.2 Å². The van der Waals surface area contributed by atoms with Gasteiger partial charge in [-0.25, -0.2) is 14.6 Å². The van der Waals surface area contributed by atoms with Crippen LogP contribution >= 0.6 is 11.6 Å². The third-order valence-corrected chi connectivity index (χ3v) is 6.74. The summed E-state index contributed by atoms with van der Waals surface area (Å²) in [4.78, 5) is 21.0. The molecule has 2 aromatic rings. The summed E-state index contributed by atoms with van der Waals surface area (Å²) < 4.78 is 1.45. The summed E-state index contributed by atoms with van der Waals surface area (Å²) in [5.74, 6) is 2.86. The standard InChI is InChI=1S/C19H22ClN5O/c20-16-15(10-25(24-16)18-21-2-1-3-22-18)17(26)23-11-19-7-12-4-13(8-19)6-14(5-12)9-19/h1-3,10,12-14H,4-9,11H2,(H,23,26). The summed E-state index contributed by atoms with van der Waals surface area (Å²) in [5.41, 5.74) is 0.680. The number of rotatable bonds is 4. The molecule has 1 amide bonds. The first-order valence-corrected chi connectivity index (χ1v) is 9.79. The first-order chi connectivity index (χ1) is 12.6. The van der Waals surface area contributed by atoms with Gasteiger partial charge in [0, 0.05) is 25.1 Å². The Hall–Kier alpha value is -1.95. The Morgan fingerprint density at radius 3 is 2.38 bits per heavy atom. The van der Waals surface area contributed by atoms with Crippen LogP contribution in [0, 0.1) is 23.2 Å². The summed E-state index contributed by atoms with van der Waals surface area (Å²) in [7, 11) is 0. The van der Waals surface area contributed by atoms with Gasteiger partial charge in [-0.1, -0.05) is 11.6 Å². The Bertz CT molecular complexity index is 798. The van der Waals surface area contributed by atoms with Crippen LogP contribution in [-0.2, 0) is 0 Å². The van der Waals surface area contributed by atoms with E-state index in [2.05, 4.69) is 20.4 Å². The van der Waals surface area contributed by atoms with Crippen molar-refractivity contribution in [3.05, 3.63) is 35.4 Å². The lowest BCUT2D eigenvalue weighted by molar-refractivity contribution is -0.0503. The molecule has 4 aliphatic rings. The van der Waals surface area contributed by atoms with Crippen molar-refractivity contribution in [2.45, 2.75) is 38.5 Å². The third kappa shape index (κ3) is 2.80. The van der Waals surface area contributed by atoms with E-state index >= 15 is 0 Å². The molecule has 2 aromatic heterocycles. The van der Waals surface area contributed by atoms with Crippen molar-refractivity contribution in [3.63, 3.8) is 0 Å². The molecule has 6 rings (SSSR count). The number of aromatic nitrogens is 4. The van der Waals surface area contributed by atoms with E-state index in [1.165, 1.54) is 43.2 Å². The van der Waals surface area contributed by atoms with E-state index in [1.807, 2.05) is 0 Å². The van der Waals surface area contributed by atoms with Gasteiger partial charge in [0.25, 0.3) is 5.91 Å². The second kappa shape index (κ2) is 6.05. The van der Waals surface area contributed by atoms with Crippen LogP contribution in [0.1, 0.15) is 48.9 Å². The van der Waals surface area contributed by atoms with Crippen molar-refractivity contribution in [2.75, 3.05) is 6.54 Å². The lowest BCUT2D eigenvalue weighted by atomic mass is 9.49. The summed E-state index contributed by atoms with van der Waals surface area (Å²) in [5, 5.41) is 7.50. The maximum absolute atomic E-state index is 12.7. The Morgan fingerprint density at radius 2 is 1.77 bits per heavy atom. The minimum absolute atomic E-state index is 0.159. The molecule has 4 fully saturated rings. The average Bonchev–Trinajstić information content (AvgIpc) is 3.01. The molecule has 0 unspecified atom stereocenters. The van der Waals surface area contributed by atoms with Crippen LogP contribution in [0.15, 0.2) is 24.7 Å². The highest BCUT2D eigenvalue weighted by atomic mass is 35.5. The lowest BCUT2D eigenvalue weighted by Gasteiger charge is -2.56. The molecule has 0 aromatic carbocycles. The third-order valence-electron chi connectivity index (χ3n) is 6.46. The highest BCUT2D eigenvalue weighted by molar-refractivity contribution is 6.32. The molecule has 2 heterocycles. The fourth-order valence-corrected chi connectivity index (χ4v) is 6.10. The number of hydrogen-bond donors (Lipinski definition) is 1. The smallest absolute Gasteiger partial charge is 0.256 e. The number of nitrogens with one attached hydrogen (secondary N) is 1. The van der Waals surface area contributed by atoms with E-state index in [4.69, 9.17) is 11.6 Å². The summed E-state index contributed by atoms with van der Waals surface area (Å²) in [6.07, 6.45) is 12.9. The van der Waals surface area contributed by atoms with Crippen molar-refractivity contribution < 1.29 is 4.79 Å². The highest BCUT2D eigenvalue weighted by Crippen LogP contribution is 2.59. The number of halogens is 1. The van der Waals surface area contributed by atoms with Gasteiger partial charge in [-0.3, -0.25) is 4.79 Å². The maximum Gasteiger partial charge on any atom is 0.256 e. The number of carbonyl (C=O) groups is 1. The molecular formula is C19H22ClN5O. The predicted molar refractivity (Wildman–Crippen MR) is 97.1 cm³/mol. The zero-order valence-corrected chi connectivity index (χ0v) is 15.3. The summed E-state index contributed by atoms with van der Waals surface area (Å²) >= 11 is 6.20. The van der Waals surface area contributed by atoms with Crippen LogP contribution < -0.4 is 5.32 Å². The van der Waals surface area contributed by atoms with Gasteiger partial charge >= 0.3 is 0 Å². The molecule has 136 valence electrons. The summed E-state index contributed by atoms with van der Waals surface area (Å²) in [6, 6.07) is 1.73. The van der Waals surface area contributed by atoms with Crippen molar-refractivity contribution in [1.29, 1.82) is 0 Å². The van der Waals surface area contributed by atoms with Gasteiger partial charge in [0.15, 0.2) is 5.15 Å². The molecule has 0 saturated heterocycles. The first-order valence-electron chi connectivity index (χ1n) is 9.41. The fourth-order valence-electron chi connectivity index (χ4n) is 5.89. The zero-order chi connectivity index (χ0) is 17.7. The van der Waals surface area contributed by atoms with Crippen LogP contribution in [0.25, 0.3) is 5.95 Å². The SMILES string of the molecule is O=C(NCC12CC3CC(CC(C3)C1)C2)c1cn(-c2ncccn2)nc1Cl. The van der Waals surface area contributed by atoms with Gasteiger partial charge in [0.1, 0.15) is 0 Å². The topological polar surface area (TPSA) is 72.7 Å². The van der Waals surface area contributed by atoms with E-state index in [9.17, 15) is 4.79 Å². The van der Waals surface area contributed by atoms with Crippen molar-refractivity contribution >= 4 is 17.5 Å². The van der Waals surface area contributed by atoms with Crippen molar-refractivity contribution in [1.82, 2.24) is 25.1 Å². The normalized spacial score (nSPS) is 32.0. The first kappa shape index (κ1) is 16.2. The Balaban J connectivity index is 1.30. The van der Waals surface area contributed by atoms with E-state index in [0.29, 0.717) is 16.9 Å². The molecule has 6 nitrogen and oxygen atoms in total. The summed E-state index contributed by atoms with van der Waals surface area (Å²) in [6.45, 7) is 0.749. The number of nitrogens with zero attached hydrogens (tertiary/aromatic N) is 4. The molecule has 1 N–H and O–H groups in total. The highest BCUT2D eigenvalue weighted by Gasteiger charge is 2.50. The fraction of sp³-hybridized carbons (Fsp3) is 0.579. The molecule has 0 spiro atoms. The molecule has 0 atom stereocenters. The average molecular weight is 372 g/mol. The Morgan fingerprint density at radius 1 is 1.15 bits per heavy atom. The second-order valence-corrected chi connectivity index (χ2v) is 8.79. The van der Waals surface area contributed by atoms with E-state index < -0.39 is 0 Å². The molecule has 0 radical (unpaired) electrons. The minimum atomic E-state index is -0.159. The van der Waals surface area contributed by atoms with Gasteiger partial charge in [-0.15, -0.1) is 0 Å². The van der Waals surface area contributed by atoms with Gasteiger partial charge in [-0.05, 0) is 67.8 Å². The maximum atomic E-state index is 12.7. The monoisotopic (exact) mass is 371 g/mol. The largest absolute Gasteiger partial charge is 0.351 e. The second-order valence-electron chi connectivity index (χ2n) is 8.43. The van der Waals surface area contributed by atoms with Gasteiger partial charge in [-0.2, -0.15) is 5.10 Å². The van der Waals surface area contributed by atoms with Crippen LogP contribution in [0.2, 0.25) is 5.15 Å². The van der Waals surface area contributed by atoms with Gasteiger partial charge < -0.3 is 5.32 Å². The predicted octanol–water partition coefficient (Wildman–Crippen LogP) is 3.26. The van der Waals surface area contributed by atoms with Crippen LogP contribution in [0.4, 0.5) is 0 Å². The van der Waals surface area contributed by atoms with E-state index in [0.717, 1.165) is 24.3 Å².